The summed E-state index contributed by atoms with van der Waals surface area (Å²) in [6.45, 7) is 0.703. The Balaban J connectivity index is 2.35. The van der Waals surface area contributed by atoms with Crippen LogP contribution in [0.1, 0.15) is 6.42 Å². The number of aryl methyl sites for hydroxylation is 1. The first-order valence-electron chi connectivity index (χ1n) is 5.28. The number of fused-ring (bicyclic) bond motifs is 1. The van der Waals surface area contributed by atoms with Crippen molar-refractivity contribution in [1.82, 2.24) is 9.55 Å². The number of hydrogen-bond acceptors (Lipinski definition) is 3. The number of nitrogens with zero attached hydrogens (tertiary/aromatic N) is 2. The Morgan fingerprint density at radius 1 is 1.35 bits per heavy atom. The Kier molecular flexibility index (Phi) is 4.20. The van der Waals surface area contributed by atoms with Crippen molar-refractivity contribution < 1.29 is 0 Å². The second kappa shape index (κ2) is 5.48. The first-order chi connectivity index (χ1) is 8.13. The molecule has 0 bridgehead atoms. The van der Waals surface area contributed by atoms with Crippen LogP contribution in [0, 0.1) is 0 Å². The largest absolute Gasteiger partial charge is 0.330 e. The van der Waals surface area contributed by atoms with Crippen LogP contribution in [0.2, 0.25) is 10.0 Å². The monoisotopic (exact) mass is 289 g/mol. The van der Waals surface area contributed by atoms with E-state index in [1.165, 1.54) is 0 Å². The molecule has 0 unspecified atom stereocenters. The van der Waals surface area contributed by atoms with Gasteiger partial charge in [-0.05, 0) is 25.1 Å². The van der Waals surface area contributed by atoms with Crippen molar-refractivity contribution in [2.24, 2.45) is 12.8 Å². The maximum atomic E-state index is 6.00. The molecule has 0 aliphatic rings. The summed E-state index contributed by atoms with van der Waals surface area (Å²) in [5.74, 6) is 0.967. The molecule has 2 rings (SSSR count). The molecule has 0 saturated heterocycles. The molecule has 1 aromatic heterocycles. The molecular weight excluding hydrogens is 277 g/mol. The molecule has 0 saturated carbocycles. The van der Waals surface area contributed by atoms with Gasteiger partial charge in [0.1, 0.15) is 0 Å². The fraction of sp³-hybridized carbons (Fsp3) is 0.364. The summed E-state index contributed by atoms with van der Waals surface area (Å²) in [7, 11) is 1.98. The summed E-state index contributed by atoms with van der Waals surface area (Å²) in [6.07, 6.45) is 0.982. The second-order valence-electron chi connectivity index (χ2n) is 3.70. The Morgan fingerprint density at radius 3 is 2.76 bits per heavy atom. The van der Waals surface area contributed by atoms with Gasteiger partial charge < -0.3 is 10.3 Å². The molecule has 2 N–H and O–H groups in total. The lowest BCUT2D eigenvalue weighted by Crippen LogP contribution is -2.00. The highest BCUT2D eigenvalue weighted by Gasteiger charge is 2.10. The van der Waals surface area contributed by atoms with Gasteiger partial charge in [-0.25, -0.2) is 4.98 Å². The lowest BCUT2D eigenvalue weighted by atomic mass is 10.3. The van der Waals surface area contributed by atoms with Crippen LogP contribution in [-0.2, 0) is 7.05 Å². The summed E-state index contributed by atoms with van der Waals surface area (Å²) < 4.78 is 2.03. The van der Waals surface area contributed by atoms with Gasteiger partial charge in [0.25, 0.3) is 0 Å². The highest BCUT2D eigenvalue weighted by atomic mass is 35.5. The minimum atomic E-state index is 0.538. The molecule has 0 aliphatic carbocycles. The quantitative estimate of drug-likeness (QED) is 0.694. The molecule has 0 amide bonds. The Labute approximate surface area is 114 Å². The Bertz CT molecular complexity index is 539. The van der Waals surface area contributed by atoms with E-state index in [-0.39, 0.29) is 0 Å². The first kappa shape index (κ1) is 13.0. The van der Waals surface area contributed by atoms with Gasteiger partial charge in [-0.1, -0.05) is 35.0 Å². The molecule has 17 heavy (non-hydrogen) atoms. The van der Waals surface area contributed by atoms with Gasteiger partial charge >= 0.3 is 0 Å². The van der Waals surface area contributed by atoms with E-state index in [0.717, 1.165) is 28.4 Å². The van der Waals surface area contributed by atoms with Crippen molar-refractivity contribution in [1.29, 1.82) is 0 Å². The van der Waals surface area contributed by atoms with Gasteiger partial charge in [0.15, 0.2) is 5.16 Å². The van der Waals surface area contributed by atoms with Crippen LogP contribution in [0.4, 0.5) is 0 Å². The van der Waals surface area contributed by atoms with Crippen molar-refractivity contribution in [3.8, 4) is 0 Å². The van der Waals surface area contributed by atoms with Crippen LogP contribution < -0.4 is 5.73 Å². The molecule has 6 heteroatoms. The predicted molar refractivity (Wildman–Crippen MR) is 75.1 cm³/mol. The molecule has 1 heterocycles. The van der Waals surface area contributed by atoms with E-state index in [4.69, 9.17) is 28.9 Å². The summed E-state index contributed by atoms with van der Waals surface area (Å²) in [5, 5.41) is 2.06. The highest BCUT2D eigenvalue weighted by molar-refractivity contribution is 7.99. The number of nitrogens with two attached hydrogens (primary N) is 1. The number of rotatable bonds is 4. The van der Waals surface area contributed by atoms with Crippen LogP contribution in [0.15, 0.2) is 17.3 Å². The van der Waals surface area contributed by atoms with Crippen LogP contribution in [0.3, 0.4) is 0 Å². The highest BCUT2D eigenvalue weighted by Crippen LogP contribution is 2.30. The Hall–Kier alpha value is -0.420. The zero-order valence-electron chi connectivity index (χ0n) is 9.41. The summed E-state index contributed by atoms with van der Waals surface area (Å²) in [4.78, 5) is 4.53. The molecule has 92 valence electrons. The fourth-order valence-electron chi connectivity index (χ4n) is 1.54. The van der Waals surface area contributed by atoms with Crippen LogP contribution in [-0.4, -0.2) is 21.8 Å². The van der Waals surface area contributed by atoms with E-state index in [9.17, 15) is 0 Å². The molecule has 0 aliphatic heterocycles. The summed E-state index contributed by atoms with van der Waals surface area (Å²) >= 11 is 13.7. The molecule has 0 atom stereocenters. The Morgan fingerprint density at radius 2 is 2.06 bits per heavy atom. The maximum absolute atomic E-state index is 6.00. The molecule has 0 spiro atoms. The second-order valence-corrected chi connectivity index (χ2v) is 5.58. The van der Waals surface area contributed by atoms with Crippen molar-refractivity contribution >= 4 is 46.0 Å². The molecule has 0 fully saturated rings. The van der Waals surface area contributed by atoms with Crippen molar-refractivity contribution in [2.75, 3.05) is 12.3 Å². The van der Waals surface area contributed by atoms with E-state index >= 15 is 0 Å². The molecule has 3 nitrogen and oxygen atoms in total. The van der Waals surface area contributed by atoms with E-state index < -0.39 is 0 Å². The van der Waals surface area contributed by atoms with E-state index in [1.807, 2.05) is 17.7 Å². The molecule has 1 aromatic carbocycles. The maximum Gasteiger partial charge on any atom is 0.168 e. The van der Waals surface area contributed by atoms with Gasteiger partial charge in [-0.3, -0.25) is 0 Å². The first-order valence-corrected chi connectivity index (χ1v) is 7.02. The van der Waals surface area contributed by atoms with E-state index in [2.05, 4.69) is 4.98 Å². The lowest BCUT2D eigenvalue weighted by molar-refractivity contribution is 0.812. The smallest absolute Gasteiger partial charge is 0.168 e. The SMILES string of the molecule is Cn1c(SCCCN)nc2cc(Cl)c(Cl)cc21. The van der Waals surface area contributed by atoms with Gasteiger partial charge in [0, 0.05) is 12.8 Å². The number of hydrogen-bond donors (Lipinski definition) is 1. The van der Waals surface area contributed by atoms with Crippen molar-refractivity contribution in [3.05, 3.63) is 22.2 Å². The summed E-state index contributed by atoms with van der Waals surface area (Å²) in [5.41, 5.74) is 7.34. The van der Waals surface area contributed by atoms with Crippen molar-refractivity contribution in [3.63, 3.8) is 0 Å². The zero-order chi connectivity index (χ0) is 12.4. The minimum absolute atomic E-state index is 0.538. The third-order valence-electron chi connectivity index (χ3n) is 2.46. The lowest BCUT2D eigenvalue weighted by Gasteiger charge is -2.01. The average Bonchev–Trinajstić information content (AvgIpc) is 2.58. The molecule has 2 aromatic rings. The predicted octanol–water partition coefficient (Wildman–Crippen LogP) is 3.32. The number of aromatic nitrogens is 2. The molecule has 0 radical (unpaired) electrons. The normalized spacial score (nSPS) is 11.3. The standard InChI is InChI=1S/C11H13Cl2N3S/c1-16-10-6-8(13)7(12)5-9(10)15-11(16)17-4-2-3-14/h5-6H,2-4,14H2,1H3. The van der Waals surface area contributed by atoms with Gasteiger partial charge in [-0.2, -0.15) is 0 Å². The fourth-order valence-corrected chi connectivity index (χ4v) is 2.81. The molecular formula is C11H13Cl2N3S. The van der Waals surface area contributed by atoms with Crippen LogP contribution in [0.5, 0.6) is 0 Å². The topological polar surface area (TPSA) is 43.8 Å². The zero-order valence-corrected chi connectivity index (χ0v) is 11.7. The van der Waals surface area contributed by atoms with E-state index in [1.54, 1.807) is 17.8 Å². The minimum Gasteiger partial charge on any atom is -0.330 e. The van der Waals surface area contributed by atoms with Crippen molar-refractivity contribution in [2.45, 2.75) is 11.6 Å². The van der Waals surface area contributed by atoms with Gasteiger partial charge in [0.2, 0.25) is 0 Å². The third-order valence-corrected chi connectivity index (χ3v) is 4.30. The van der Waals surface area contributed by atoms with E-state index in [0.29, 0.717) is 16.6 Å². The van der Waals surface area contributed by atoms with Gasteiger partial charge in [-0.15, -0.1) is 0 Å². The number of benzene rings is 1. The third kappa shape index (κ3) is 2.71. The van der Waals surface area contributed by atoms with Crippen LogP contribution in [0.25, 0.3) is 11.0 Å². The van der Waals surface area contributed by atoms with Gasteiger partial charge in [0.05, 0.1) is 21.1 Å². The average molecular weight is 290 g/mol. The van der Waals surface area contributed by atoms with Crippen LogP contribution >= 0.6 is 35.0 Å². The number of imidazole rings is 1. The number of halogens is 2. The number of thioether (sulfide) groups is 1. The summed E-state index contributed by atoms with van der Waals surface area (Å²) in [6, 6.07) is 3.64.